The molecular formula is C13H21F3N4O. The second-order valence-electron chi connectivity index (χ2n) is 4.43. The number of nitrogens with zero attached hydrogens (tertiary/aromatic N) is 3. The molecule has 0 aliphatic heterocycles. The average Bonchev–Trinajstić information content (AvgIpc) is 2.45. The highest BCUT2D eigenvalue weighted by Crippen LogP contribution is 2.30. The number of hydrogen-bond donors (Lipinski definition) is 1. The summed E-state index contributed by atoms with van der Waals surface area (Å²) in [6, 6.07) is 0.969. The fourth-order valence-electron chi connectivity index (χ4n) is 1.69. The van der Waals surface area contributed by atoms with E-state index < -0.39 is 11.9 Å². The van der Waals surface area contributed by atoms with Crippen molar-refractivity contribution in [2.75, 3.05) is 43.6 Å². The van der Waals surface area contributed by atoms with E-state index in [9.17, 15) is 13.2 Å². The number of methoxy groups -OCH3 is 1. The highest BCUT2D eigenvalue weighted by molar-refractivity contribution is 5.45. The number of likely N-dealkylation sites (N-methyl/N-ethyl adjacent to an activating group) is 1. The summed E-state index contributed by atoms with van der Waals surface area (Å²) < 4.78 is 43.7. The van der Waals surface area contributed by atoms with Gasteiger partial charge in [0.15, 0.2) is 5.69 Å². The molecule has 1 aromatic rings. The fourth-order valence-corrected chi connectivity index (χ4v) is 1.69. The van der Waals surface area contributed by atoms with Crippen LogP contribution in [0.15, 0.2) is 6.07 Å². The third kappa shape index (κ3) is 5.37. The van der Waals surface area contributed by atoms with E-state index in [1.165, 1.54) is 0 Å². The zero-order valence-corrected chi connectivity index (χ0v) is 12.5. The molecule has 0 aromatic carbocycles. The van der Waals surface area contributed by atoms with Gasteiger partial charge in [-0.05, 0) is 13.3 Å². The Kier molecular flexibility index (Phi) is 6.67. The zero-order chi connectivity index (χ0) is 15.9. The van der Waals surface area contributed by atoms with Gasteiger partial charge < -0.3 is 15.0 Å². The summed E-state index contributed by atoms with van der Waals surface area (Å²) in [7, 11) is 1.54. The Balaban J connectivity index is 3.10. The van der Waals surface area contributed by atoms with Gasteiger partial charge in [-0.25, -0.2) is 4.98 Å². The molecule has 0 saturated carbocycles. The van der Waals surface area contributed by atoms with E-state index in [0.717, 1.165) is 12.5 Å². The second kappa shape index (κ2) is 8.02. The minimum absolute atomic E-state index is 0.00228. The Labute approximate surface area is 122 Å². The predicted molar refractivity (Wildman–Crippen MR) is 75.6 cm³/mol. The molecule has 0 spiro atoms. The lowest BCUT2D eigenvalue weighted by Gasteiger charge is -2.23. The van der Waals surface area contributed by atoms with Crippen molar-refractivity contribution in [2.24, 2.45) is 0 Å². The van der Waals surface area contributed by atoms with Crippen molar-refractivity contribution in [3.05, 3.63) is 11.8 Å². The smallest absolute Gasteiger partial charge is 0.383 e. The number of ether oxygens (including phenoxy) is 1. The van der Waals surface area contributed by atoms with Crippen LogP contribution >= 0.6 is 0 Å². The van der Waals surface area contributed by atoms with Gasteiger partial charge in [-0.15, -0.1) is 0 Å². The summed E-state index contributed by atoms with van der Waals surface area (Å²) in [5.41, 5.74) is -0.943. The molecule has 1 heterocycles. The van der Waals surface area contributed by atoms with Crippen LogP contribution in [0.4, 0.5) is 24.9 Å². The maximum Gasteiger partial charge on any atom is 0.433 e. The monoisotopic (exact) mass is 306 g/mol. The van der Waals surface area contributed by atoms with Gasteiger partial charge in [-0.1, -0.05) is 6.92 Å². The van der Waals surface area contributed by atoms with E-state index in [1.807, 2.05) is 13.8 Å². The van der Waals surface area contributed by atoms with E-state index in [1.54, 1.807) is 12.0 Å². The van der Waals surface area contributed by atoms with Gasteiger partial charge in [0, 0.05) is 32.8 Å². The van der Waals surface area contributed by atoms with Crippen molar-refractivity contribution >= 4 is 11.8 Å². The Morgan fingerprint density at radius 2 is 2.00 bits per heavy atom. The quantitative estimate of drug-likeness (QED) is 0.800. The maximum absolute atomic E-state index is 12.9. The summed E-state index contributed by atoms with van der Waals surface area (Å²) in [6.45, 7) is 5.70. The maximum atomic E-state index is 12.9. The van der Waals surface area contributed by atoms with E-state index >= 15 is 0 Å². The number of rotatable bonds is 8. The molecule has 0 aliphatic carbocycles. The fraction of sp³-hybridized carbons (Fsp3) is 0.692. The van der Waals surface area contributed by atoms with Gasteiger partial charge in [-0.2, -0.15) is 18.2 Å². The van der Waals surface area contributed by atoms with Crippen LogP contribution in [0.1, 0.15) is 26.0 Å². The summed E-state index contributed by atoms with van der Waals surface area (Å²) >= 11 is 0. The van der Waals surface area contributed by atoms with Crippen molar-refractivity contribution in [3.8, 4) is 0 Å². The second-order valence-corrected chi connectivity index (χ2v) is 4.43. The number of aromatic nitrogens is 2. The van der Waals surface area contributed by atoms with Crippen molar-refractivity contribution in [3.63, 3.8) is 0 Å². The molecule has 1 rings (SSSR count). The van der Waals surface area contributed by atoms with Crippen LogP contribution in [-0.2, 0) is 10.9 Å². The molecule has 0 fully saturated rings. The van der Waals surface area contributed by atoms with Gasteiger partial charge >= 0.3 is 6.18 Å². The number of halogens is 3. The number of alkyl halides is 3. The van der Waals surface area contributed by atoms with Crippen LogP contribution in [0.2, 0.25) is 0 Å². The first-order chi connectivity index (χ1) is 9.92. The van der Waals surface area contributed by atoms with Crippen molar-refractivity contribution < 1.29 is 17.9 Å². The van der Waals surface area contributed by atoms with Crippen LogP contribution in [0.25, 0.3) is 0 Å². The minimum atomic E-state index is -4.50. The Bertz CT molecular complexity index is 440. The van der Waals surface area contributed by atoms with E-state index in [4.69, 9.17) is 4.74 Å². The van der Waals surface area contributed by atoms with Crippen LogP contribution in [0, 0.1) is 0 Å². The SMILES string of the molecule is CCCNc1nc(N(CC)CCOC)cc(C(F)(F)F)n1. The number of nitrogens with one attached hydrogen (secondary N) is 1. The molecule has 0 radical (unpaired) electrons. The highest BCUT2D eigenvalue weighted by atomic mass is 19.4. The Morgan fingerprint density at radius 3 is 2.52 bits per heavy atom. The molecule has 0 bridgehead atoms. The molecule has 0 unspecified atom stereocenters. The molecule has 120 valence electrons. The Morgan fingerprint density at radius 1 is 1.29 bits per heavy atom. The van der Waals surface area contributed by atoms with E-state index in [2.05, 4.69) is 15.3 Å². The molecule has 8 heteroatoms. The van der Waals surface area contributed by atoms with Crippen LogP contribution in [0.5, 0.6) is 0 Å². The first-order valence-electron chi connectivity index (χ1n) is 6.86. The highest BCUT2D eigenvalue weighted by Gasteiger charge is 2.34. The third-order valence-electron chi connectivity index (χ3n) is 2.81. The molecule has 1 N–H and O–H groups in total. The molecule has 21 heavy (non-hydrogen) atoms. The zero-order valence-electron chi connectivity index (χ0n) is 12.5. The lowest BCUT2D eigenvalue weighted by atomic mass is 10.3. The van der Waals surface area contributed by atoms with Crippen LogP contribution in [-0.4, -0.2) is 43.3 Å². The molecule has 0 amide bonds. The number of anilines is 2. The summed E-state index contributed by atoms with van der Waals surface area (Å²) in [6.07, 6.45) is -3.73. The normalized spacial score (nSPS) is 11.5. The standard InChI is InChI=1S/C13H21F3N4O/c1-4-6-17-12-18-10(13(14,15)16)9-11(19-12)20(5-2)7-8-21-3/h9H,4-8H2,1-3H3,(H,17,18,19). The summed E-state index contributed by atoms with van der Waals surface area (Å²) in [5.74, 6) is 0.244. The van der Waals surface area contributed by atoms with Gasteiger partial charge in [-0.3, -0.25) is 0 Å². The predicted octanol–water partition coefficient (Wildman–Crippen LogP) is 2.79. The van der Waals surface area contributed by atoms with E-state index in [-0.39, 0.29) is 11.8 Å². The first-order valence-corrected chi connectivity index (χ1v) is 6.86. The van der Waals surface area contributed by atoms with Crippen LogP contribution < -0.4 is 10.2 Å². The van der Waals surface area contributed by atoms with Crippen molar-refractivity contribution in [1.29, 1.82) is 0 Å². The molecule has 0 aliphatic rings. The lowest BCUT2D eigenvalue weighted by Crippen LogP contribution is -2.28. The van der Waals surface area contributed by atoms with Gasteiger partial charge in [0.1, 0.15) is 5.82 Å². The van der Waals surface area contributed by atoms with Crippen molar-refractivity contribution in [2.45, 2.75) is 26.4 Å². The summed E-state index contributed by atoms with van der Waals surface area (Å²) in [5, 5.41) is 2.80. The first kappa shape index (κ1) is 17.5. The van der Waals surface area contributed by atoms with Gasteiger partial charge in [0.05, 0.1) is 6.61 Å². The molecular weight excluding hydrogens is 285 g/mol. The van der Waals surface area contributed by atoms with Crippen molar-refractivity contribution in [1.82, 2.24) is 9.97 Å². The molecule has 1 aromatic heterocycles. The van der Waals surface area contributed by atoms with Crippen LogP contribution in [0.3, 0.4) is 0 Å². The molecule has 0 saturated heterocycles. The third-order valence-corrected chi connectivity index (χ3v) is 2.81. The summed E-state index contributed by atoms with van der Waals surface area (Å²) in [4.78, 5) is 9.41. The van der Waals surface area contributed by atoms with Gasteiger partial charge in [0.25, 0.3) is 0 Å². The average molecular weight is 306 g/mol. The van der Waals surface area contributed by atoms with E-state index in [0.29, 0.717) is 26.2 Å². The Hall–Kier alpha value is -1.57. The molecule has 0 atom stereocenters. The molecule has 5 nitrogen and oxygen atoms in total. The minimum Gasteiger partial charge on any atom is -0.383 e. The number of hydrogen-bond acceptors (Lipinski definition) is 5. The van der Waals surface area contributed by atoms with Gasteiger partial charge in [0.2, 0.25) is 5.95 Å². The lowest BCUT2D eigenvalue weighted by molar-refractivity contribution is -0.141. The largest absolute Gasteiger partial charge is 0.433 e. The topological polar surface area (TPSA) is 50.3 Å².